The first kappa shape index (κ1) is 16.7. The standard InChI is InChI=1S/C18H19N3OS2/c1-12-16(24-18(20-12)15-5-4-10-23-15)17(22)19-11-13-6-8-14(9-7-13)21(2)3/h4-10H,11H2,1-3H3,(H,19,22). The summed E-state index contributed by atoms with van der Waals surface area (Å²) in [5, 5.41) is 5.91. The molecule has 0 radical (unpaired) electrons. The number of nitrogens with one attached hydrogen (secondary N) is 1. The number of rotatable bonds is 5. The molecular formula is C18H19N3OS2. The number of benzene rings is 1. The van der Waals surface area contributed by atoms with Gasteiger partial charge >= 0.3 is 0 Å². The van der Waals surface area contributed by atoms with Gasteiger partial charge in [-0.1, -0.05) is 18.2 Å². The Labute approximate surface area is 149 Å². The molecule has 0 atom stereocenters. The van der Waals surface area contributed by atoms with E-state index in [1.165, 1.54) is 11.3 Å². The average Bonchev–Trinajstić information content (AvgIpc) is 3.22. The number of hydrogen-bond donors (Lipinski definition) is 1. The number of aryl methyl sites for hydroxylation is 1. The number of thiophene rings is 1. The summed E-state index contributed by atoms with van der Waals surface area (Å²) in [6.07, 6.45) is 0. The van der Waals surface area contributed by atoms with Crippen LogP contribution in [0, 0.1) is 6.92 Å². The summed E-state index contributed by atoms with van der Waals surface area (Å²) in [5.74, 6) is -0.0653. The molecule has 0 fully saturated rings. The second-order valence-corrected chi connectivity index (χ2v) is 7.60. The molecule has 2 heterocycles. The second kappa shape index (κ2) is 7.15. The highest BCUT2D eigenvalue weighted by Gasteiger charge is 2.16. The molecule has 0 spiro atoms. The number of nitrogens with zero attached hydrogens (tertiary/aromatic N) is 2. The Hall–Kier alpha value is -2.18. The largest absolute Gasteiger partial charge is 0.378 e. The zero-order chi connectivity index (χ0) is 17.1. The minimum Gasteiger partial charge on any atom is -0.378 e. The van der Waals surface area contributed by atoms with E-state index >= 15 is 0 Å². The van der Waals surface area contributed by atoms with Gasteiger partial charge in [0.1, 0.15) is 9.88 Å². The van der Waals surface area contributed by atoms with Crippen molar-refractivity contribution in [2.45, 2.75) is 13.5 Å². The Morgan fingerprint density at radius 1 is 1.21 bits per heavy atom. The van der Waals surface area contributed by atoms with E-state index in [1.54, 1.807) is 11.3 Å². The van der Waals surface area contributed by atoms with Gasteiger partial charge in [-0.2, -0.15) is 0 Å². The van der Waals surface area contributed by atoms with Gasteiger partial charge in [0.05, 0.1) is 10.6 Å². The van der Waals surface area contributed by atoms with Crippen molar-refractivity contribution in [2.75, 3.05) is 19.0 Å². The number of thiazole rings is 1. The SMILES string of the molecule is Cc1nc(-c2cccs2)sc1C(=O)NCc1ccc(N(C)C)cc1. The molecule has 1 amide bonds. The number of carbonyl (C=O) groups is 1. The maximum atomic E-state index is 12.5. The molecule has 0 aliphatic heterocycles. The van der Waals surface area contributed by atoms with Crippen molar-refractivity contribution in [1.82, 2.24) is 10.3 Å². The quantitative estimate of drug-likeness (QED) is 0.745. The number of anilines is 1. The van der Waals surface area contributed by atoms with Crippen molar-refractivity contribution in [2.24, 2.45) is 0 Å². The van der Waals surface area contributed by atoms with Crippen LogP contribution in [-0.2, 0) is 6.54 Å². The van der Waals surface area contributed by atoms with Crippen molar-refractivity contribution < 1.29 is 4.79 Å². The van der Waals surface area contributed by atoms with Crippen LogP contribution in [0.25, 0.3) is 9.88 Å². The summed E-state index contributed by atoms with van der Waals surface area (Å²) in [6, 6.07) is 12.2. The van der Waals surface area contributed by atoms with Crippen molar-refractivity contribution in [3.8, 4) is 9.88 Å². The smallest absolute Gasteiger partial charge is 0.263 e. The molecule has 0 aliphatic carbocycles. The Morgan fingerprint density at radius 3 is 2.58 bits per heavy atom. The zero-order valence-corrected chi connectivity index (χ0v) is 15.5. The first-order valence-corrected chi connectivity index (χ1v) is 9.30. The van der Waals surface area contributed by atoms with Crippen molar-refractivity contribution in [3.63, 3.8) is 0 Å². The van der Waals surface area contributed by atoms with E-state index in [-0.39, 0.29) is 5.91 Å². The highest BCUT2D eigenvalue weighted by Crippen LogP contribution is 2.31. The van der Waals surface area contributed by atoms with Crippen LogP contribution >= 0.6 is 22.7 Å². The molecule has 1 N–H and O–H groups in total. The summed E-state index contributed by atoms with van der Waals surface area (Å²) < 4.78 is 0. The molecule has 0 saturated heterocycles. The highest BCUT2D eigenvalue weighted by molar-refractivity contribution is 7.22. The van der Waals surface area contributed by atoms with E-state index in [9.17, 15) is 4.79 Å². The normalized spacial score (nSPS) is 10.6. The first-order valence-electron chi connectivity index (χ1n) is 7.60. The molecule has 24 heavy (non-hydrogen) atoms. The summed E-state index contributed by atoms with van der Waals surface area (Å²) >= 11 is 3.08. The van der Waals surface area contributed by atoms with Gasteiger partial charge in [0.15, 0.2) is 0 Å². The van der Waals surface area contributed by atoms with Crippen LogP contribution in [0.15, 0.2) is 41.8 Å². The molecule has 6 heteroatoms. The fourth-order valence-corrected chi connectivity index (χ4v) is 4.07. The lowest BCUT2D eigenvalue weighted by molar-refractivity contribution is 0.0954. The number of amides is 1. The van der Waals surface area contributed by atoms with Gasteiger partial charge in [-0.25, -0.2) is 4.98 Å². The van der Waals surface area contributed by atoms with E-state index in [1.807, 2.05) is 62.8 Å². The van der Waals surface area contributed by atoms with E-state index in [0.717, 1.165) is 26.8 Å². The Kier molecular flexibility index (Phi) is 4.97. The van der Waals surface area contributed by atoms with Crippen LogP contribution < -0.4 is 10.2 Å². The van der Waals surface area contributed by atoms with E-state index in [0.29, 0.717) is 11.4 Å². The topological polar surface area (TPSA) is 45.2 Å². The minimum absolute atomic E-state index is 0.0653. The van der Waals surface area contributed by atoms with Crippen molar-refractivity contribution in [3.05, 3.63) is 57.9 Å². The third-order valence-electron chi connectivity index (χ3n) is 3.64. The molecule has 0 aliphatic rings. The Morgan fingerprint density at radius 2 is 1.96 bits per heavy atom. The summed E-state index contributed by atoms with van der Waals surface area (Å²) in [6.45, 7) is 2.40. The monoisotopic (exact) mass is 357 g/mol. The van der Waals surface area contributed by atoms with Gasteiger partial charge in [-0.3, -0.25) is 4.79 Å². The molecule has 2 aromatic heterocycles. The fraction of sp³-hybridized carbons (Fsp3) is 0.222. The lowest BCUT2D eigenvalue weighted by Crippen LogP contribution is -2.22. The van der Waals surface area contributed by atoms with E-state index < -0.39 is 0 Å². The van der Waals surface area contributed by atoms with Crippen LogP contribution in [0.1, 0.15) is 20.9 Å². The van der Waals surface area contributed by atoms with Gasteiger partial charge in [0.2, 0.25) is 0 Å². The van der Waals surface area contributed by atoms with Crippen LogP contribution in [-0.4, -0.2) is 25.0 Å². The lowest BCUT2D eigenvalue weighted by Gasteiger charge is -2.12. The van der Waals surface area contributed by atoms with Crippen LogP contribution in [0.3, 0.4) is 0 Å². The molecule has 0 bridgehead atoms. The first-order chi connectivity index (χ1) is 11.5. The van der Waals surface area contributed by atoms with Crippen molar-refractivity contribution >= 4 is 34.3 Å². The third kappa shape index (κ3) is 3.66. The fourth-order valence-electron chi connectivity index (χ4n) is 2.29. The summed E-state index contributed by atoms with van der Waals surface area (Å²) in [5.41, 5.74) is 3.00. The van der Waals surface area contributed by atoms with Crippen LogP contribution in [0.2, 0.25) is 0 Å². The van der Waals surface area contributed by atoms with E-state index in [2.05, 4.69) is 15.2 Å². The second-order valence-electron chi connectivity index (χ2n) is 5.65. The molecule has 0 saturated carbocycles. The summed E-state index contributed by atoms with van der Waals surface area (Å²) in [4.78, 5) is 20.8. The van der Waals surface area contributed by atoms with Gasteiger partial charge < -0.3 is 10.2 Å². The van der Waals surface area contributed by atoms with Gasteiger partial charge in [0.25, 0.3) is 5.91 Å². The van der Waals surface area contributed by atoms with E-state index in [4.69, 9.17) is 0 Å². The maximum absolute atomic E-state index is 12.5. The van der Waals surface area contributed by atoms with Crippen LogP contribution in [0.5, 0.6) is 0 Å². The predicted octanol–water partition coefficient (Wildman–Crippen LogP) is 4.18. The molecule has 3 aromatic rings. The Balaban J connectivity index is 1.67. The highest BCUT2D eigenvalue weighted by atomic mass is 32.1. The maximum Gasteiger partial charge on any atom is 0.263 e. The zero-order valence-electron chi connectivity index (χ0n) is 13.9. The number of aromatic nitrogens is 1. The molecule has 3 rings (SSSR count). The molecule has 4 nitrogen and oxygen atoms in total. The van der Waals surface area contributed by atoms with Crippen molar-refractivity contribution in [1.29, 1.82) is 0 Å². The predicted molar refractivity (Wildman–Crippen MR) is 102 cm³/mol. The minimum atomic E-state index is -0.0653. The van der Waals surface area contributed by atoms with Gasteiger partial charge in [0, 0.05) is 26.3 Å². The van der Waals surface area contributed by atoms with Gasteiger partial charge in [-0.15, -0.1) is 22.7 Å². The molecule has 0 unspecified atom stereocenters. The average molecular weight is 358 g/mol. The van der Waals surface area contributed by atoms with Gasteiger partial charge in [-0.05, 0) is 36.1 Å². The third-order valence-corrected chi connectivity index (χ3v) is 5.84. The van der Waals surface area contributed by atoms with Crippen LogP contribution in [0.4, 0.5) is 5.69 Å². The molecule has 124 valence electrons. The lowest BCUT2D eigenvalue weighted by atomic mass is 10.2. The Bertz CT molecular complexity index is 821. The summed E-state index contributed by atoms with van der Waals surface area (Å²) in [7, 11) is 4.02. The molecule has 1 aromatic carbocycles. The molecular weight excluding hydrogens is 338 g/mol. The number of hydrogen-bond acceptors (Lipinski definition) is 5. The number of carbonyl (C=O) groups excluding carboxylic acids is 1.